The van der Waals surface area contributed by atoms with Gasteiger partial charge in [-0.3, -0.25) is 9.79 Å². The zero-order chi connectivity index (χ0) is 16.4. The third-order valence-electron chi connectivity index (χ3n) is 3.43. The van der Waals surface area contributed by atoms with Gasteiger partial charge >= 0.3 is 0 Å². The van der Waals surface area contributed by atoms with E-state index in [0.29, 0.717) is 12.1 Å². The minimum Gasteiger partial charge on any atom is -0.356 e. The summed E-state index contributed by atoms with van der Waals surface area (Å²) in [6, 6.07) is 7.84. The van der Waals surface area contributed by atoms with E-state index in [9.17, 15) is 4.79 Å². The molecule has 1 atom stereocenters. The standard InChI is InChI=1S/C17H28N4O.HI/c1-5-11-19-17(18-4)20-12-14-7-9-15(10-8-14)16(22)21-13(3)6-2;/h7-10,13H,5-6,11-12H2,1-4H3,(H,21,22)(H2,18,19,20);1H. The van der Waals surface area contributed by atoms with Crippen LogP contribution in [-0.4, -0.2) is 31.5 Å². The van der Waals surface area contributed by atoms with Crippen LogP contribution in [0.1, 0.15) is 49.5 Å². The highest BCUT2D eigenvalue weighted by atomic mass is 127. The number of benzene rings is 1. The van der Waals surface area contributed by atoms with Crippen molar-refractivity contribution >= 4 is 35.8 Å². The molecule has 3 N–H and O–H groups in total. The summed E-state index contributed by atoms with van der Waals surface area (Å²) in [7, 11) is 1.76. The van der Waals surface area contributed by atoms with Crippen LogP contribution in [0.3, 0.4) is 0 Å². The van der Waals surface area contributed by atoms with E-state index in [1.54, 1.807) is 7.05 Å². The molecule has 5 nitrogen and oxygen atoms in total. The Balaban J connectivity index is 0.00000484. The maximum atomic E-state index is 12.0. The fraction of sp³-hybridized carbons (Fsp3) is 0.529. The molecule has 1 aromatic carbocycles. The van der Waals surface area contributed by atoms with E-state index in [1.165, 1.54) is 0 Å². The molecule has 0 heterocycles. The number of hydrogen-bond donors (Lipinski definition) is 3. The molecule has 0 spiro atoms. The number of amides is 1. The van der Waals surface area contributed by atoms with Crippen molar-refractivity contribution in [3.8, 4) is 0 Å². The average molecular weight is 432 g/mol. The van der Waals surface area contributed by atoms with Crippen molar-refractivity contribution in [2.75, 3.05) is 13.6 Å². The lowest BCUT2D eigenvalue weighted by molar-refractivity contribution is 0.0939. The van der Waals surface area contributed by atoms with Gasteiger partial charge in [-0.15, -0.1) is 24.0 Å². The van der Waals surface area contributed by atoms with E-state index < -0.39 is 0 Å². The Morgan fingerprint density at radius 2 is 1.83 bits per heavy atom. The third-order valence-corrected chi connectivity index (χ3v) is 3.43. The predicted octanol–water partition coefficient (Wildman–Crippen LogP) is 2.91. The first-order valence-corrected chi connectivity index (χ1v) is 7.95. The van der Waals surface area contributed by atoms with Gasteiger partial charge in [-0.2, -0.15) is 0 Å². The van der Waals surface area contributed by atoms with Crippen LogP contribution in [0.25, 0.3) is 0 Å². The van der Waals surface area contributed by atoms with Crippen molar-refractivity contribution < 1.29 is 4.79 Å². The number of rotatable bonds is 7. The molecule has 0 aliphatic rings. The normalized spacial score (nSPS) is 12.1. The van der Waals surface area contributed by atoms with Crippen LogP contribution >= 0.6 is 24.0 Å². The fourth-order valence-corrected chi connectivity index (χ4v) is 1.83. The van der Waals surface area contributed by atoms with Crippen molar-refractivity contribution in [1.29, 1.82) is 0 Å². The van der Waals surface area contributed by atoms with Gasteiger partial charge in [-0.25, -0.2) is 0 Å². The molecule has 0 aliphatic heterocycles. The molecule has 0 aliphatic carbocycles. The summed E-state index contributed by atoms with van der Waals surface area (Å²) >= 11 is 0. The van der Waals surface area contributed by atoms with Crippen molar-refractivity contribution in [2.24, 2.45) is 4.99 Å². The molecule has 0 aromatic heterocycles. The van der Waals surface area contributed by atoms with Gasteiger partial charge in [0.1, 0.15) is 0 Å². The van der Waals surface area contributed by atoms with Gasteiger partial charge < -0.3 is 16.0 Å². The molecule has 0 bridgehead atoms. The second-order valence-electron chi connectivity index (χ2n) is 5.33. The molecule has 0 fully saturated rings. The van der Waals surface area contributed by atoms with Crippen LogP contribution in [-0.2, 0) is 6.54 Å². The maximum absolute atomic E-state index is 12.0. The first kappa shape index (κ1) is 21.7. The highest BCUT2D eigenvalue weighted by molar-refractivity contribution is 14.0. The molecular weight excluding hydrogens is 403 g/mol. The van der Waals surface area contributed by atoms with Gasteiger partial charge in [-0.05, 0) is 37.5 Å². The van der Waals surface area contributed by atoms with E-state index >= 15 is 0 Å². The number of aliphatic imine (C=N–C) groups is 1. The highest BCUT2D eigenvalue weighted by Gasteiger charge is 2.08. The number of nitrogens with one attached hydrogen (secondary N) is 3. The average Bonchev–Trinajstić information content (AvgIpc) is 2.55. The second kappa shape index (κ2) is 12.2. The lowest BCUT2D eigenvalue weighted by atomic mass is 10.1. The van der Waals surface area contributed by atoms with E-state index in [4.69, 9.17) is 0 Å². The minimum atomic E-state index is -0.0192. The SMILES string of the molecule is CCCNC(=NC)NCc1ccc(C(=O)NC(C)CC)cc1.I. The van der Waals surface area contributed by atoms with Crippen LogP contribution in [0.4, 0.5) is 0 Å². The first-order chi connectivity index (χ1) is 10.6. The number of halogens is 1. The fourth-order valence-electron chi connectivity index (χ4n) is 1.83. The van der Waals surface area contributed by atoms with Gasteiger partial charge in [0.25, 0.3) is 5.91 Å². The zero-order valence-electron chi connectivity index (χ0n) is 14.5. The summed E-state index contributed by atoms with van der Waals surface area (Å²) in [6.07, 6.45) is 1.98. The Morgan fingerprint density at radius 1 is 1.17 bits per heavy atom. The molecule has 1 amide bonds. The summed E-state index contributed by atoms with van der Waals surface area (Å²) in [5, 5.41) is 9.43. The lowest BCUT2D eigenvalue weighted by Crippen LogP contribution is -2.37. The lowest BCUT2D eigenvalue weighted by Gasteiger charge is -2.13. The Kier molecular flexibility index (Phi) is 11.5. The van der Waals surface area contributed by atoms with Crippen LogP contribution in [0.5, 0.6) is 0 Å². The van der Waals surface area contributed by atoms with Gasteiger partial charge in [0.05, 0.1) is 0 Å². The predicted molar refractivity (Wildman–Crippen MR) is 108 cm³/mol. The summed E-state index contributed by atoms with van der Waals surface area (Å²) < 4.78 is 0. The smallest absolute Gasteiger partial charge is 0.251 e. The number of hydrogen-bond acceptors (Lipinski definition) is 2. The maximum Gasteiger partial charge on any atom is 0.251 e. The van der Waals surface area contributed by atoms with Crippen LogP contribution in [0.2, 0.25) is 0 Å². The van der Waals surface area contributed by atoms with E-state index in [2.05, 4.69) is 34.8 Å². The molecule has 130 valence electrons. The molecule has 0 radical (unpaired) electrons. The summed E-state index contributed by atoms with van der Waals surface area (Å²) in [4.78, 5) is 16.2. The molecule has 1 unspecified atom stereocenters. The van der Waals surface area contributed by atoms with Crippen molar-refractivity contribution in [1.82, 2.24) is 16.0 Å². The quantitative estimate of drug-likeness (QED) is 0.353. The van der Waals surface area contributed by atoms with Gasteiger partial charge in [-0.1, -0.05) is 26.0 Å². The zero-order valence-corrected chi connectivity index (χ0v) is 16.8. The summed E-state index contributed by atoms with van der Waals surface area (Å²) in [5.41, 5.74) is 1.80. The number of carbonyl (C=O) groups excluding carboxylic acids is 1. The van der Waals surface area contributed by atoms with E-state index in [0.717, 1.165) is 30.9 Å². The molecule has 1 rings (SSSR count). The van der Waals surface area contributed by atoms with Crippen LogP contribution < -0.4 is 16.0 Å². The Labute approximate surface area is 156 Å². The van der Waals surface area contributed by atoms with Crippen molar-refractivity contribution in [3.05, 3.63) is 35.4 Å². The van der Waals surface area contributed by atoms with Crippen LogP contribution in [0, 0.1) is 0 Å². The largest absolute Gasteiger partial charge is 0.356 e. The van der Waals surface area contributed by atoms with Gasteiger partial charge in [0, 0.05) is 31.7 Å². The molecule has 6 heteroatoms. The first-order valence-electron chi connectivity index (χ1n) is 7.95. The van der Waals surface area contributed by atoms with Gasteiger partial charge in [0.2, 0.25) is 0 Å². The third kappa shape index (κ3) is 8.20. The molecule has 0 saturated carbocycles. The summed E-state index contributed by atoms with van der Waals surface area (Å²) in [6.45, 7) is 7.75. The van der Waals surface area contributed by atoms with Crippen molar-refractivity contribution in [2.45, 2.75) is 46.2 Å². The minimum absolute atomic E-state index is 0. The number of carbonyl (C=O) groups is 1. The Bertz CT molecular complexity index is 488. The molecular formula is C17H29IN4O. The number of guanidine groups is 1. The topological polar surface area (TPSA) is 65.5 Å². The van der Waals surface area contributed by atoms with E-state index in [1.807, 2.05) is 31.2 Å². The van der Waals surface area contributed by atoms with Crippen LogP contribution in [0.15, 0.2) is 29.3 Å². The monoisotopic (exact) mass is 432 g/mol. The Morgan fingerprint density at radius 3 is 2.35 bits per heavy atom. The molecule has 23 heavy (non-hydrogen) atoms. The van der Waals surface area contributed by atoms with Gasteiger partial charge in [0.15, 0.2) is 5.96 Å². The number of nitrogens with zero attached hydrogens (tertiary/aromatic N) is 1. The second-order valence-corrected chi connectivity index (χ2v) is 5.33. The highest BCUT2D eigenvalue weighted by Crippen LogP contribution is 2.05. The van der Waals surface area contributed by atoms with E-state index in [-0.39, 0.29) is 35.9 Å². The molecule has 1 aromatic rings. The Hall–Kier alpha value is -1.31. The van der Waals surface area contributed by atoms with Crippen molar-refractivity contribution in [3.63, 3.8) is 0 Å². The molecule has 0 saturated heterocycles. The summed E-state index contributed by atoms with van der Waals surface area (Å²) in [5.74, 6) is 0.773.